The number of hydrogen-bond acceptors (Lipinski definition) is 4. The molecule has 1 aliphatic rings. The van der Waals surface area contributed by atoms with Crippen LogP contribution in [0.5, 0.6) is 0 Å². The zero-order chi connectivity index (χ0) is 17.6. The van der Waals surface area contributed by atoms with E-state index < -0.39 is 0 Å². The van der Waals surface area contributed by atoms with Gasteiger partial charge in [-0.25, -0.2) is 4.79 Å². The summed E-state index contributed by atoms with van der Waals surface area (Å²) in [6, 6.07) is 9.61. The highest BCUT2D eigenvalue weighted by molar-refractivity contribution is 7.17. The van der Waals surface area contributed by atoms with Gasteiger partial charge in [-0.2, -0.15) is 0 Å². The van der Waals surface area contributed by atoms with Crippen molar-refractivity contribution in [3.63, 3.8) is 0 Å². The van der Waals surface area contributed by atoms with Gasteiger partial charge in [0.05, 0.1) is 18.6 Å². The molecule has 0 spiro atoms. The lowest BCUT2D eigenvalue weighted by Crippen LogP contribution is -2.17. The third kappa shape index (κ3) is 4.28. The standard InChI is InChI=1S/C20H23NO3S/c1-2-12-24-20(23)18-15-10-6-7-11-16(15)25-19(18)21-17(22)13-14-8-4-3-5-9-14/h3-5,8-9H,2,6-7,10-13H2,1H3,(H,21,22). The second-order valence-electron chi connectivity index (χ2n) is 6.26. The number of carbonyl (C=O) groups is 2. The predicted molar refractivity (Wildman–Crippen MR) is 100 cm³/mol. The van der Waals surface area contributed by atoms with Crippen LogP contribution in [0.1, 0.15) is 52.5 Å². The van der Waals surface area contributed by atoms with E-state index in [1.807, 2.05) is 37.3 Å². The summed E-state index contributed by atoms with van der Waals surface area (Å²) >= 11 is 1.53. The highest BCUT2D eigenvalue weighted by atomic mass is 32.1. The summed E-state index contributed by atoms with van der Waals surface area (Å²) in [5.74, 6) is -0.411. The number of hydrogen-bond donors (Lipinski definition) is 1. The van der Waals surface area contributed by atoms with E-state index in [0.29, 0.717) is 23.6 Å². The van der Waals surface area contributed by atoms with E-state index in [1.165, 1.54) is 16.2 Å². The smallest absolute Gasteiger partial charge is 0.341 e. The molecule has 132 valence electrons. The second-order valence-corrected chi connectivity index (χ2v) is 7.37. The van der Waals surface area contributed by atoms with Gasteiger partial charge in [-0.3, -0.25) is 4.79 Å². The molecular weight excluding hydrogens is 334 g/mol. The van der Waals surface area contributed by atoms with Crippen molar-refractivity contribution < 1.29 is 14.3 Å². The Morgan fingerprint density at radius 2 is 1.92 bits per heavy atom. The molecular formula is C20H23NO3S. The van der Waals surface area contributed by atoms with Gasteiger partial charge in [0.15, 0.2) is 0 Å². The first kappa shape index (κ1) is 17.7. The summed E-state index contributed by atoms with van der Waals surface area (Å²) < 4.78 is 5.36. The first-order valence-electron chi connectivity index (χ1n) is 8.84. The van der Waals surface area contributed by atoms with Crippen molar-refractivity contribution in [3.05, 3.63) is 51.9 Å². The lowest BCUT2D eigenvalue weighted by atomic mass is 9.95. The molecule has 0 aliphatic heterocycles. The van der Waals surface area contributed by atoms with Crippen LogP contribution >= 0.6 is 11.3 Å². The number of benzene rings is 1. The molecule has 0 radical (unpaired) electrons. The van der Waals surface area contributed by atoms with Crippen molar-refractivity contribution >= 4 is 28.2 Å². The molecule has 0 atom stereocenters. The lowest BCUT2D eigenvalue weighted by Gasteiger charge is -2.12. The fraction of sp³-hybridized carbons (Fsp3) is 0.400. The van der Waals surface area contributed by atoms with Gasteiger partial charge in [0.25, 0.3) is 0 Å². The van der Waals surface area contributed by atoms with Crippen LogP contribution in [0.4, 0.5) is 5.00 Å². The van der Waals surface area contributed by atoms with Gasteiger partial charge in [0, 0.05) is 4.88 Å². The molecule has 0 unspecified atom stereocenters. The van der Waals surface area contributed by atoms with Crippen molar-refractivity contribution in [3.8, 4) is 0 Å². The Balaban J connectivity index is 1.81. The molecule has 0 fully saturated rings. The summed E-state index contributed by atoms with van der Waals surface area (Å²) in [6.45, 7) is 2.37. The second kappa shape index (κ2) is 8.30. The summed E-state index contributed by atoms with van der Waals surface area (Å²) in [5.41, 5.74) is 2.61. The van der Waals surface area contributed by atoms with Crippen molar-refractivity contribution in [2.45, 2.75) is 45.4 Å². The minimum absolute atomic E-state index is 0.102. The highest BCUT2D eigenvalue weighted by Crippen LogP contribution is 2.38. The minimum Gasteiger partial charge on any atom is -0.462 e. The van der Waals surface area contributed by atoms with Crippen molar-refractivity contribution in [1.82, 2.24) is 0 Å². The van der Waals surface area contributed by atoms with Crippen molar-refractivity contribution in [2.75, 3.05) is 11.9 Å². The number of esters is 1. The van der Waals surface area contributed by atoms with E-state index in [2.05, 4.69) is 5.32 Å². The number of ether oxygens (including phenoxy) is 1. The first-order chi connectivity index (χ1) is 12.2. The van der Waals surface area contributed by atoms with Crippen LogP contribution in [0.2, 0.25) is 0 Å². The fourth-order valence-corrected chi connectivity index (χ4v) is 4.38. The topological polar surface area (TPSA) is 55.4 Å². The average Bonchev–Trinajstić information content (AvgIpc) is 2.98. The van der Waals surface area contributed by atoms with E-state index in [1.54, 1.807) is 0 Å². The molecule has 1 N–H and O–H groups in total. The number of anilines is 1. The lowest BCUT2D eigenvalue weighted by molar-refractivity contribution is -0.115. The Hall–Kier alpha value is -2.14. The summed E-state index contributed by atoms with van der Waals surface area (Å²) in [5, 5.41) is 3.60. The monoisotopic (exact) mass is 357 g/mol. The zero-order valence-electron chi connectivity index (χ0n) is 14.5. The van der Waals surface area contributed by atoms with Crippen molar-refractivity contribution in [2.24, 2.45) is 0 Å². The molecule has 1 aliphatic carbocycles. The molecule has 2 aromatic rings. The van der Waals surface area contributed by atoms with Gasteiger partial charge in [-0.1, -0.05) is 37.3 Å². The largest absolute Gasteiger partial charge is 0.462 e. The number of thiophene rings is 1. The van der Waals surface area contributed by atoms with Crippen LogP contribution in [0, 0.1) is 0 Å². The van der Waals surface area contributed by atoms with E-state index in [9.17, 15) is 9.59 Å². The van der Waals surface area contributed by atoms with Gasteiger partial charge in [-0.05, 0) is 43.2 Å². The average molecular weight is 357 g/mol. The van der Waals surface area contributed by atoms with Gasteiger partial charge >= 0.3 is 5.97 Å². The zero-order valence-corrected chi connectivity index (χ0v) is 15.3. The SMILES string of the molecule is CCCOC(=O)c1c(NC(=O)Cc2ccccc2)sc2c1CCCC2. The van der Waals surface area contributed by atoms with Gasteiger partial charge in [0.2, 0.25) is 5.91 Å². The molecule has 1 aromatic heterocycles. The Morgan fingerprint density at radius 3 is 2.68 bits per heavy atom. The van der Waals surface area contributed by atoms with Crippen LogP contribution in [0.3, 0.4) is 0 Å². The maximum absolute atomic E-state index is 12.5. The van der Waals surface area contributed by atoms with Crippen LogP contribution < -0.4 is 5.32 Å². The van der Waals surface area contributed by atoms with Gasteiger partial charge < -0.3 is 10.1 Å². The third-order valence-corrected chi connectivity index (χ3v) is 5.48. The van der Waals surface area contributed by atoms with Crippen LogP contribution in [-0.4, -0.2) is 18.5 Å². The number of carbonyl (C=O) groups excluding carboxylic acids is 2. The van der Waals surface area contributed by atoms with Crippen LogP contribution in [-0.2, 0) is 28.8 Å². The Labute approximate surface area is 152 Å². The maximum atomic E-state index is 12.5. The quantitative estimate of drug-likeness (QED) is 0.781. The minimum atomic E-state index is -0.309. The summed E-state index contributed by atoms with van der Waals surface area (Å²) in [6.07, 6.45) is 5.16. The van der Waals surface area contributed by atoms with Gasteiger partial charge in [-0.15, -0.1) is 11.3 Å². The maximum Gasteiger partial charge on any atom is 0.341 e. The summed E-state index contributed by atoms with van der Waals surface area (Å²) in [7, 11) is 0. The van der Waals surface area contributed by atoms with Crippen molar-refractivity contribution in [1.29, 1.82) is 0 Å². The van der Waals surface area contributed by atoms with E-state index in [-0.39, 0.29) is 11.9 Å². The van der Waals surface area contributed by atoms with E-state index in [4.69, 9.17) is 4.74 Å². The normalized spacial score (nSPS) is 13.2. The molecule has 5 heteroatoms. The number of fused-ring (bicyclic) bond motifs is 1. The highest BCUT2D eigenvalue weighted by Gasteiger charge is 2.27. The van der Waals surface area contributed by atoms with Crippen LogP contribution in [0.25, 0.3) is 0 Å². The Morgan fingerprint density at radius 1 is 1.16 bits per heavy atom. The Kier molecular flexibility index (Phi) is 5.87. The number of amides is 1. The third-order valence-electron chi connectivity index (χ3n) is 4.27. The van der Waals surface area contributed by atoms with Crippen LogP contribution in [0.15, 0.2) is 30.3 Å². The molecule has 3 rings (SSSR count). The first-order valence-corrected chi connectivity index (χ1v) is 9.66. The summed E-state index contributed by atoms with van der Waals surface area (Å²) in [4.78, 5) is 26.2. The molecule has 0 saturated carbocycles. The number of nitrogens with one attached hydrogen (secondary N) is 1. The molecule has 25 heavy (non-hydrogen) atoms. The molecule has 1 heterocycles. The molecule has 1 amide bonds. The van der Waals surface area contributed by atoms with E-state index in [0.717, 1.165) is 43.2 Å². The van der Waals surface area contributed by atoms with E-state index >= 15 is 0 Å². The Bertz CT molecular complexity index is 752. The molecule has 0 bridgehead atoms. The molecule has 4 nitrogen and oxygen atoms in total. The molecule has 0 saturated heterocycles. The molecule has 1 aromatic carbocycles. The predicted octanol–water partition coefficient (Wildman–Crippen LogP) is 4.37. The number of rotatable bonds is 6. The number of aryl methyl sites for hydroxylation is 1. The fourth-order valence-electron chi connectivity index (χ4n) is 3.09. The van der Waals surface area contributed by atoms with Gasteiger partial charge in [0.1, 0.15) is 5.00 Å².